The molecular formula is C17H17NO2. The van der Waals surface area contributed by atoms with E-state index >= 15 is 0 Å². The van der Waals surface area contributed by atoms with E-state index in [0.717, 1.165) is 24.4 Å². The molecule has 0 saturated carbocycles. The molecule has 2 heterocycles. The van der Waals surface area contributed by atoms with Crippen molar-refractivity contribution in [2.24, 2.45) is 0 Å². The van der Waals surface area contributed by atoms with Gasteiger partial charge in [0.05, 0.1) is 6.04 Å². The van der Waals surface area contributed by atoms with Gasteiger partial charge in [-0.3, -0.25) is 4.90 Å². The molecule has 0 bridgehead atoms. The normalized spacial score (nSPS) is 24.9. The Morgan fingerprint density at radius 3 is 2.35 bits per heavy atom. The summed E-state index contributed by atoms with van der Waals surface area (Å²) in [5.41, 5.74) is 3.62. The van der Waals surface area contributed by atoms with Gasteiger partial charge in [0, 0.05) is 18.7 Å². The van der Waals surface area contributed by atoms with Gasteiger partial charge in [0.2, 0.25) is 0 Å². The van der Waals surface area contributed by atoms with Crippen LogP contribution in [0, 0.1) is 0 Å². The average Bonchev–Trinajstić information content (AvgIpc) is 2.91. The number of hydrogen-bond acceptors (Lipinski definition) is 3. The van der Waals surface area contributed by atoms with E-state index in [1.165, 1.54) is 11.1 Å². The van der Waals surface area contributed by atoms with Crippen LogP contribution in [0.3, 0.4) is 0 Å². The standard InChI is InChI=1S/C17H17NO2/c19-17-14-7-3-4-8-16(14)20-11-15(17)18-9-12-5-1-2-6-13(12)10-18/h1-8,15,17,19H,9-11H2. The molecule has 20 heavy (non-hydrogen) atoms. The van der Waals surface area contributed by atoms with Crippen molar-refractivity contribution in [1.29, 1.82) is 0 Å². The predicted octanol–water partition coefficient (Wildman–Crippen LogP) is 2.50. The number of nitrogens with zero attached hydrogens (tertiary/aromatic N) is 1. The highest BCUT2D eigenvalue weighted by atomic mass is 16.5. The number of para-hydroxylation sites is 1. The van der Waals surface area contributed by atoms with Crippen molar-refractivity contribution >= 4 is 0 Å². The second-order valence-corrected chi connectivity index (χ2v) is 5.53. The van der Waals surface area contributed by atoms with Gasteiger partial charge in [-0.1, -0.05) is 42.5 Å². The molecule has 2 aliphatic heterocycles. The Balaban J connectivity index is 1.60. The lowest BCUT2D eigenvalue weighted by atomic mass is 9.98. The van der Waals surface area contributed by atoms with Crippen LogP contribution in [0.25, 0.3) is 0 Å². The largest absolute Gasteiger partial charge is 0.491 e. The summed E-state index contributed by atoms with van der Waals surface area (Å²) in [5.74, 6) is 0.813. The molecule has 0 fully saturated rings. The molecule has 0 saturated heterocycles. The third-order valence-electron chi connectivity index (χ3n) is 4.35. The molecule has 0 amide bonds. The van der Waals surface area contributed by atoms with Gasteiger partial charge < -0.3 is 9.84 Å². The van der Waals surface area contributed by atoms with Gasteiger partial charge in [-0.2, -0.15) is 0 Å². The van der Waals surface area contributed by atoms with Crippen molar-refractivity contribution in [1.82, 2.24) is 4.90 Å². The van der Waals surface area contributed by atoms with E-state index in [1.807, 2.05) is 24.3 Å². The maximum absolute atomic E-state index is 10.6. The molecule has 2 aromatic carbocycles. The van der Waals surface area contributed by atoms with Gasteiger partial charge in [0.1, 0.15) is 18.5 Å². The van der Waals surface area contributed by atoms with Gasteiger partial charge >= 0.3 is 0 Å². The molecule has 4 rings (SSSR count). The first-order valence-corrected chi connectivity index (χ1v) is 7.03. The molecule has 0 aliphatic carbocycles. The van der Waals surface area contributed by atoms with Gasteiger partial charge in [0.25, 0.3) is 0 Å². The number of fused-ring (bicyclic) bond motifs is 2. The quantitative estimate of drug-likeness (QED) is 0.861. The summed E-state index contributed by atoms with van der Waals surface area (Å²) >= 11 is 0. The minimum Gasteiger partial charge on any atom is -0.491 e. The number of rotatable bonds is 1. The van der Waals surface area contributed by atoms with Crippen molar-refractivity contribution in [2.75, 3.05) is 6.61 Å². The fourth-order valence-electron chi connectivity index (χ4n) is 3.23. The minimum absolute atomic E-state index is 0.0253. The van der Waals surface area contributed by atoms with Gasteiger partial charge in [0.15, 0.2) is 0 Å². The molecule has 2 atom stereocenters. The van der Waals surface area contributed by atoms with Crippen LogP contribution in [0.5, 0.6) is 5.75 Å². The lowest BCUT2D eigenvalue weighted by Gasteiger charge is -2.36. The zero-order valence-corrected chi connectivity index (χ0v) is 11.2. The van der Waals surface area contributed by atoms with Crippen LogP contribution in [0.2, 0.25) is 0 Å². The van der Waals surface area contributed by atoms with E-state index in [0.29, 0.717) is 6.61 Å². The van der Waals surface area contributed by atoms with Crippen LogP contribution in [0.1, 0.15) is 22.8 Å². The predicted molar refractivity (Wildman–Crippen MR) is 76.4 cm³/mol. The Hall–Kier alpha value is -1.84. The van der Waals surface area contributed by atoms with Crippen LogP contribution < -0.4 is 4.74 Å². The monoisotopic (exact) mass is 267 g/mol. The van der Waals surface area contributed by atoms with Crippen LogP contribution in [-0.2, 0) is 13.1 Å². The zero-order chi connectivity index (χ0) is 13.5. The second kappa shape index (κ2) is 4.62. The van der Waals surface area contributed by atoms with Crippen LogP contribution in [0.15, 0.2) is 48.5 Å². The maximum atomic E-state index is 10.6. The molecule has 2 aromatic rings. The Morgan fingerprint density at radius 1 is 0.950 bits per heavy atom. The Kier molecular flexibility index (Phi) is 2.76. The molecule has 3 heteroatoms. The molecule has 0 spiro atoms. The average molecular weight is 267 g/mol. The van der Waals surface area contributed by atoms with Crippen molar-refractivity contribution in [3.63, 3.8) is 0 Å². The molecule has 3 nitrogen and oxygen atoms in total. The van der Waals surface area contributed by atoms with E-state index in [-0.39, 0.29) is 6.04 Å². The van der Waals surface area contributed by atoms with E-state index in [2.05, 4.69) is 29.2 Å². The number of hydrogen-bond donors (Lipinski definition) is 1. The Morgan fingerprint density at radius 2 is 1.60 bits per heavy atom. The smallest absolute Gasteiger partial charge is 0.125 e. The third kappa shape index (κ3) is 1.82. The summed E-state index contributed by atoms with van der Waals surface area (Å²) < 4.78 is 5.82. The highest BCUT2D eigenvalue weighted by molar-refractivity contribution is 5.38. The first kappa shape index (κ1) is 11.9. The highest BCUT2D eigenvalue weighted by Crippen LogP contribution is 2.36. The van der Waals surface area contributed by atoms with Crippen LogP contribution in [0.4, 0.5) is 0 Å². The highest BCUT2D eigenvalue weighted by Gasteiger charge is 2.35. The van der Waals surface area contributed by atoms with Gasteiger partial charge in [-0.15, -0.1) is 0 Å². The summed E-state index contributed by atoms with van der Waals surface area (Å²) in [6, 6.07) is 16.3. The van der Waals surface area contributed by atoms with E-state index in [4.69, 9.17) is 4.74 Å². The second-order valence-electron chi connectivity index (χ2n) is 5.53. The lowest BCUT2D eigenvalue weighted by Crippen LogP contribution is -2.43. The Bertz CT molecular complexity index is 615. The summed E-state index contributed by atoms with van der Waals surface area (Å²) in [7, 11) is 0. The van der Waals surface area contributed by atoms with Crippen LogP contribution in [-0.4, -0.2) is 22.7 Å². The SMILES string of the molecule is OC1c2ccccc2OCC1N1Cc2ccccc2C1. The number of benzene rings is 2. The van der Waals surface area contributed by atoms with E-state index in [1.54, 1.807) is 0 Å². The number of aliphatic hydroxyl groups is 1. The topological polar surface area (TPSA) is 32.7 Å². The Labute approximate surface area is 118 Å². The number of ether oxygens (including phenoxy) is 1. The molecule has 2 unspecified atom stereocenters. The van der Waals surface area contributed by atoms with Crippen molar-refractivity contribution in [3.8, 4) is 5.75 Å². The van der Waals surface area contributed by atoms with Crippen molar-refractivity contribution < 1.29 is 9.84 Å². The maximum Gasteiger partial charge on any atom is 0.125 e. The van der Waals surface area contributed by atoms with Crippen molar-refractivity contribution in [3.05, 3.63) is 65.2 Å². The van der Waals surface area contributed by atoms with E-state index < -0.39 is 6.10 Å². The molecule has 0 radical (unpaired) electrons. The molecule has 2 aliphatic rings. The van der Waals surface area contributed by atoms with Crippen molar-refractivity contribution in [2.45, 2.75) is 25.2 Å². The molecule has 0 aromatic heterocycles. The molecular weight excluding hydrogens is 250 g/mol. The third-order valence-corrected chi connectivity index (χ3v) is 4.35. The first-order valence-electron chi connectivity index (χ1n) is 7.03. The summed E-state index contributed by atoms with van der Waals surface area (Å²) in [6.07, 6.45) is -0.478. The van der Waals surface area contributed by atoms with Crippen LogP contribution >= 0.6 is 0 Å². The fourth-order valence-corrected chi connectivity index (χ4v) is 3.23. The molecule has 1 N–H and O–H groups in total. The summed E-state index contributed by atoms with van der Waals surface area (Å²) in [5, 5.41) is 10.6. The fraction of sp³-hybridized carbons (Fsp3) is 0.294. The van der Waals surface area contributed by atoms with Gasteiger partial charge in [-0.25, -0.2) is 0 Å². The molecule has 102 valence electrons. The first-order chi connectivity index (χ1) is 9.83. The summed E-state index contributed by atoms with van der Waals surface area (Å²) in [6.45, 7) is 2.33. The zero-order valence-electron chi connectivity index (χ0n) is 11.2. The van der Waals surface area contributed by atoms with Gasteiger partial charge in [-0.05, 0) is 17.2 Å². The number of aliphatic hydroxyl groups excluding tert-OH is 1. The lowest BCUT2D eigenvalue weighted by molar-refractivity contribution is 0.00120. The minimum atomic E-state index is -0.478. The van der Waals surface area contributed by atoms with E-state index in [9.17, 15) is 5.11 Å². The summed E-state index contributed by atoms with van der Waals surface area (Å²) in [4.78, 5) is 2.31.